The topological polar surface area (TPSA) is 79.3 Å². The molecule has 1 amide bonds. The molecule has 0 spiro atoms. The molecule has 0 radical (unpaired) electrons. The number of pyridine rings is 1. The Morgan fingerprint density at radius 3 is 2.76 bits per heavy atom. The number of aromatic nitrogens is 1. The third-order valence-electron chi connectivity index (χ3n) is 3.63. The van der Waals surface area contributed by atoms with E-state index in [9.17, 15) is 9.59 Å². The molecular weight excluding hydrogens is 268 g/mol. The van der Waals surface area contributed by atoms with E-state index in [0.717, 1.165) is 19.3 Å². The molecule has 21 heavy (non-hydrogen) atoms. The van der Waals surface area contributed by atoms with Gasteiger partial charge in [0.25, 0.3) is 5.91 Å². The van der Waals surface area contributed by atoms with Crippen LogP contribution >= 0.6 is 0 Å². The summed E-state index contributed by atoms with van der Waals surface area (Å²) in [6.07, 6.45) is 4.61. The normalized spacial score (nSPS) is 12.8. The molecule has 1 aromatic heterocycles. The first-order chi connectivity index (χ1) is 10.1. The summed E-state index contributed by atoms with van der Waals surface area (Å²) in [7, 11) is 0. The van der Waals surface area contributed by atoms with Crippen LogP contribution in [0.5, 0.6) is 0 Å². The lowest BCUT2D eigenvalue weighted by atomic mass is 10.1. The number of nitrogens with one attached hydrogen (secondary N) is 1. The van der Waals surface area contributed by atoms with Crippen LogP contribution in [-0.2, 0) is 12.8 Å². The fourth-order valence-corrected chi connectivity index (χ4v) is 2.57. The standard InChI is InChI=1S/C16H14N2O3/c19-15(12-7-6-10-3-1-4-11(10)9-12)18-14-13(16(20)21)5-2-8-17-14/h2,5-9H,1,3-4H2,(H,20,21)(H,17,18,19). The Morgan fingerprint density at radius 1 is 1.14 bits per heavy atom. The summed E-state index contributed by atoms with van der Waals surface area (Å²) in [5.74, 6) is -1.39. The van der Waals surface area contributed by atoms with E-state index < -0.39 is 5.97 Å². The minimum Gasteiger partial charge on any atom is -0.478 e. The van der Waals surface area contributed by atoms with E-state index in [1.165, 1.54) is 29.5 Å². The zero-order valence-electron chi connectivity index (χ0n) is 11.3. The molecule has 1 aliphatic carbocycles. The van der Waals surface area contributed by atoms with Gasteiger partial charge in [0.05, 0.1) is 0 Å². The highest BCUT2D eigenvalue weighted by molar-refractivity contribution is 6.07. The Labute approximate surface area is 121 Å². The molecule has 0 saturated heterocycles. The molecular formula is C16H14N2O3. The summed E-state index contributed by atoms with van der Waals surface area (Å²) in [5, 5.41) is 11.7. The smallest absolute Gasteiger partial charge is 0.339 e. The van der Waals surface area contributed by atoms with Crippen molar-refractivity contribution in [3.63, 3.8) is 0 Å². The highest BCUT2D eigenvalue weighted by Crippen LogP contribution is 2.23. The lowest BCUT2D eigenvalue weighted by molar-refractivity contribution is 0.0697. The molecule has 2 aromatic rings. The van der Waals surface area contributed by atoms with Crippen LogP contribution in [0.15, 0.2) is 36.5 Å². The van der Waals surface area contributed by atoms with Crippen molar-refractivity contribution in [2.75, 3.05) is 5.32 Å². The number of aromatic carboxylic acids is 1. The minimum atomic E-state index is -1.12. The molecule has 0 fully saturated rings. The van der Waals surface area contributed by atoms with Gasteiger partial charge in [-0.15, -0.1) is 0 Å². The zero-order valence-corrected chi connectivity index (χ0v) is 11.3. The number of benzene rings is 1. The van der Waals surface area contributed by atoms with Gasteiger partial charge in [-0.3, -0.25) is 4.79 Å². The van der Waals surface area contributed by atoms with Crippen LogP contribution in [0.2, 0.25) is 0 Å². The quantitative estimate of drug-likeness (QED) is 0.906. The van der Waals surface area contributed by atoms with E-state index in [4.69, 9.17) is 5.11 Å². The summed E-state index contributed by atoms with van der Waals surface area (Å²) in [6, 6.07) is 8.54. The third-order valence-corrected chi connectivity index (χ3v) is 3.63. The lowest BCUT2D eigenvalue weighted by Crippen LogP contribution is -2.16. The van der Waals surface area contributed by atoms with Crippen molar-refractivity contribution in [2.24, 2.45) is 0 Å². The molecule has 0 aliphatic heterocycles. The van der Waals surface area contributed by atoms with Gasteiger partial charge >= 0.3 is 5.97 Å². The van der Waals surface area contributed by atoms with Crippen molar-refractivity contribution in [3.05, 3.63) is 58.8 Å². The van der Waals surface area contributed by atoms with Gasteiger partial charge in [-0.25, -0.2) is 9.78 Å². The number of rotatable bonds is 3. The Bertz CT molecular complexity index is 725. The van der Waals surface area contributed by atoms with Crippen LogP contribution in [-0.4, -0.2) is 22.0 Å². The maximum atomic E-state index is 12.2. The first-order valence-corrected chi connectivity index (χ1v) is 6.76. The first-order valence-electron chi connectivity index (χ1n) is 6.76. The monoisotopic (exact) mass is 282 g/mol. The lowest BCUT2D eigenvalue weighted by Gasteiger charge is -2.08. The van der Waals surface area contributed by atoms with Gasteiger partial charge in [-0.1, -0.05) is 6.07 Å². The molecule has 0 saturated carbocycles. The van der Waals surface area contributed by atoms with Gasteiger partial charge in [0, 0.05) is 11.8 Å². The van der Waals surface area contributed by atoms with Crippen molar-refractivity contribution < 1.29 is 14.7 Å². The van der Waals surface area contributed by atoms with E-state index in [-0.39, 0.29) is 17.3 Å². The Morgan fingerprint density at radius 2 is 1.95 bits per heavy atom. The van der Waals surface area contributed by atoms with Gasteiger partial charge < -0.3 is 10.4 Å². The summed E-state index contributed by atoms with van der Waals surface area (Å²) in [4.78, 5) is 27.3. The number of nitrogens with zero attached hydrogens (tertiary/aromatic N) is 1. The number of hydrogen-bond donors (Lipinski definition) is 2. The summed E-state index contributed by atoms with van der Waals surface area (Å²) >= 11 is 0. The van der Waals surface area contributed by atoms with Crippen molar-refractivity contribution in [1.29, 1.82) is 0 Å². The average molecular weight is 282 g/mol. The van der Waals surface area contributed by atoms with Gasteiger partial charge in [-0.2, -0.15) is 0 Å². The van der Waals surface area contributed by atoms with E-state index in [0.29, 0.717) is 5.56 Å². The second-order valence-electron chi connectivity index (χ2n) is 5.00. The van der Waals surface area contributed by atoms with Gasteiger partial charge in [0.1, 0.15) is 11.4 Å². The summed E-state index contributed by atoms with van der Waals surface area (Å²) in [6.45, 7) is 0. The summed E-state index contributed by atoms with van der Waals surface area (Å²) < 4.78 is 0. The molecule has 0 bridgehead atoms. The highest BCUT2D eigenvalue weighted by atomic mass is 16.4. The number of amides is 1. The van der Waals surface area contributed by atoms with Crippen LogP contribution < -0.4 is 5.32 Å². The maximum absolute atomic E-state index is 12.2. The Balaban J connectivity index is 1.85. The fourth-order valence-electron chi connectivity index (χ4n) is 2.57. The number of fused-ring (bicyclic) bond motifs is 1. The molecule has 3 rings (SSSR count). The SMILES string of the molecule is O=C(Nc1ncccc1C(=O)O)c1ccc2c(c1)CCC2. The van der Waals surface area contributed by atoms with Crippen LogP contribution in [0.25, 0.3) is 0 Å². The van der Waals surface area contributed by atoms with Gasteiger partial charge in [0.15, 0.2) is 0 Å². The van der Waals surface area contributed by atoms with Gasteiger partial charge in [0.2, 0.25) is 0 Å². The van der Waals surface area contributed by atoms with Crippen LogP contribution in [0.4, 0.5) is 5.82 Å². The molecule has 1 aliphatic rings. The van der Waals surface area contributed by atoms with Crippen LogP contribution in [0.3, 0.4) is 0 Å². The van der Waals surface area contributed by atoms with Gasteiger partial charge in [-0.05, 0) is 54.7 Å². The van der Waals surface area contributed by atoms with Crippen molar-refractivity contribution in [3.8, 4) is 0 Å². The number of hydrogen-bond acceptors (Lipinski definition) is 3. The summed E-state index contributed by atoms with van der Waals surface area (Å²) in [5.41, 5.74) is 2.99. The predicted octanol–water partition coefficient (Wildman–Crippen LogP) is 2.52. The second kappa shape index (κ2) is 5.36. The van der Waals surface area contributed by atoms with Crippen molar-refractivity contribution >= 4 is 17.7 Å². The first kappa shape index (κ1) is 13.3. The average Bonchev–Trinajstić information content (AvgIpc) is 2.94. The number of anilines is 1. The van der Waals surface area contributed by atoms with Crippen LogP contribution in [0, 0.1) is 0 Å². The second-order valence-corrected chi connectivity index (χ2v) is 5.00. The largest absolute Gasteiger partial charge is 0.478 e. The molecule has 5 nitrogen and oxygen atoms in total. The number of carbonyl (C=O) groups is 2. The third kappa shape index (κ3) is 2.63. The number of carbonyl (C=O) groups excluding carboxylic acids is 1. The molecule has 5 heteroatoms. The number of aryl methyl sites for hydroxylation is 2. The predicted molar refractivity (Wildman–Crippen MR) is 77.6 cm³/mol. The zero-order chi connectivity index (χ0) is 14.8. The molecule has 106 valence electrons. The number of carboxylic acids is 1. The molecule has 1 aromatic carbocycles. The van der Waals surface area contributed by atoms with E-state index in [1.54, 1.807) is 6.07 Å². The maximum Gasteiger partial charge on any atom is 0.339 e. The van der Waals surface area contributed by atoms with Crippen molar-refractivity contribution in [2.45, 2.75) is 19.3 Å². The van der Waals surface area contributed by atoms with E-state index in [1.807, 2.05) is 12.1 Å². The molecule has 0 unspecified atom stereocenters. The molecule has 0 atom stereocenters. The van der Waals surface area contributed by atoms with Crippen LogP contribution in [0.1, 0.15) is 38.3 Å². The molecule has 1 heterocycles. The minimum absolute atomic E-state index is 0.0213. The highest BCUT2D eigenvalue weighted by Gasteiger charge is 2.17. The van der Waals surface area contributed by atoms with E-state index in [2.05, 4.69) is 10.3 Å². The molecule has 2 N–H and O–H groups in total. The van der Waals surface area contributed by atoms with Crippen molar-refractivity contribution in [1.82, 2.24) is 4.98 Å². The fraction of sp³-hybridized carbons (Fsp3) is 0.188. The number of carboxylic acid groups (broad SMARTS) is 1. The Kier molecular flexibility index (Phi) is 3.39. The Hall–Kier alpha value is -2.69. The van der Waals surface area contributed by atoms with E-state index >= 15 is 0 Å².